The highest BCUT2D eigenvalue weighted by atomic mass is 19.1. The van der Waals surface area contributed by atoms with Gasteiger partial charge >= 0.3 is 0 Å². The molecule has 2 fully saturated rings. The minimum Gasteiger partial charge on any atom is -0.485 e. The Morgan fingerprint density at radius 1 is 1.26 bits per heavy atom. The van der Waals surface area contributed by atoms with Gasteiger partial charge in [0.25, 0.3) is 0 Å². The van der Waals surface area contributed by atoms with Crippen LogP contribution in [0.1, 0.15) is 37.4 Å². The van der Waals surface area contributed by atoms with Crippen LogP contribution in [0.4, 0.5) is 4.39 Å². The third-order valence-electron chi connectivity index (χ3n) is 4.71. The van der Waals surface area contributed by atoms with Crippen LogP contribution in [0.15, 0.2) is 28.8 Å². The monoisotopic (exact) mass is 317 g/mol. The molecule has 2 bridgehead atoms. The zero-order valence-electron chi connectivity index (χ0n) is 12.9. The smallest absolute Gasteiger partial charge is 0.227 e. The standard InChI is InChI=1S/C17H20FN3O2/c18-12-2-1-3-15(9-12)22-10-16-20-17(23-21-16)8-11-6-13-4-5-14(7-11)19-13/h1-3,9,11,13-14,19H,4-8,10H2. The summed E-state index contributed by atoms with van der Waals surface area (Å²) in [6.07, 6.45) is 5.79. The zero-order chi connectivity index (χ0) is 15.6. The van der Waals surface area contributed by atoms with Crippen molar-refractivity contribution in [1.29, 1.82) is 0 Å². The van der Waals surface area contributed by atoms with E-state index in [0.29, 0.717) is 35.5 Å². The molecule has 2 aromatic rings. The number of hydrogen-bond acceptors (Lipinski definition) is 5. The summed E-state index contributed by atoms with van der Waals surface area (Å²) in [5, 5.41) is 7.59. The van der Waals surface area contributed by atoms with Crippen molar-refractivity contribution in [2.75, 3.05) is 0 Å². The third-order valence-corrected chi connectivity index (χ3v) is 4.71. The Hall–Kier alpha value is -1.95. The fourth-order valence-electron chi connectivity index (χ4n) is 3.73. The summed E-state index contributed by atoms with van der Waals surface area (Å²) in [7, 11) is 0. The summed E-state index contributed by atoms with van der Waals surface area (Å²) in [5.41, 5.74) is 0. The van der Waals surface area contributed by atoms with E-state index < -0.39 is 0 Å². The van der Waals surface area contributed by atoms with Crippen LogP contribution in [0.5, 0.6) is 5.75 Å². The topological polar surface area (TPSA) is 60.2 Å². The number of halogens is 1. The first-order valence-corrected chi connectivity index (χ1v) is 8.20. The van der Waals surface area contributed by atoms with Gasteiger partial charge in [-0.3, -0.25) is 0 Å². The maximum atomic E-state index is 13.1. The normalized spacial score (nSPS) is 26.4. The molecule has 2 aliphatic rings. The lowest BCUT2D eigenvalue weighted by molar-refractivity contribution is 0.266. The molecule has 0 saturated carbocycles. The number of benzene rings is 1. The number of rotatable bonds is 5. The van der Waals surface area contributed by atoms with E-state index in [1.165, 1.54) is 37.8 Å². The van der Waals surface area contributed by atoms with Gasteiger partial charge in [-0.2, -0.15) is 4.98 Å². The average molecular weight is 317 g/mol. The van der Waals surface area contributed by atoms with Crippen molar-refractivity contribution < 1.29 is 13.7 Å². The van der Waals surface area contributed by atoms with Crippen molar-refractivity contribution in [1.82, 2.24) is 15.5 Å². The van der Waals surface area contributed by atoms with E-state index in [-0.39, 0.29) is 12.4 Å². The van der Waals surface area contributed by atoms with Gasteiger partial charge in [0.05, 0.1) is 0 Å². The molecule has 5 nitrogen and oxygen atoms in total. The van der Waals surface area contributed by atoms with E-state index in [9.17, 15) is 4.39 Å². The second kappa shape index (κ2) is 6.28. The van der Waals surface area contributed by atoms with Crippen LogP contribution in [0, 0.1) is 11.7 Å². The number of nitrogens with zero attached hydrogens (tertiary/aromatic N) is 2. The highest BCUT2D eigenvalue weighted by Gasteiger charge is 2.34. The van der Waals surface area contributed by atoms with Gasteiger partial charge < -0.3 is 14.6 Å². The van der Waals surface area contributed by atoms with E-state index in [1.54, 1.807) is 12.1 Å². The quantitative estimate of drug-likeness (QED) is 0.919. The van der Waals surface area contributed by atoms with Crippen molar-refractivity contribution in [2.24, 2.45) is 5.92 Å². The van der Waals surface area contributed by atoms with E-state index in [4.69, 9.17) is 9.26 Å². The predicted molar refractivity (Wildman–Crippen MR) is 81.4 cm³/mol. The second-order valence-electron chi connectivity index (χ2n) is 6.53. The summed E-state index contributed by atoms with van der Waals surface area (Å²) in [4.78, 5) is 4.40. The molecule has 0 radical (unpaired) electrons. The summed E-state index contributed by atoms with van der Waals surface area (Å²) < 4.78 is 23.9. The molecule has 0 aliphatic carbocycles. The van der Waals surface area contributed by atoms with E-state index in [1.807, 2.05) is 0 Å². The minimum atomic E-state index is -0.322. The van der Waals surface area contributed by atoms with Crippen LogP contribution in [0.2, 0.25) is 0 Å². The Morgan fingerprint density at radius 3 is 2.87 bits per heavy atom. The van der Waals surface area contributed by atoms with Crippen molar-refractivity contribution in [3.05, 3.63) is 41.8 Å². The van der Waals surface area contributed by atoms with Crippen LogP contribution in [0.3, 0.4) is 0 Å². The van der Waals surface area contributed by atoms with Crippen molar-refractivity contribution in [3.8, 4) is 5.75 Å². The lowest BCUT2D eigenvalue weighted by Crippen LogP contribution is -2.38. The van der Waals surface area contributed by atoms with Crippen LogP contribution in [-0.4, -0.2) is 22.2 Å². The van der Waals surface area contributed by atoms with Crippen LogP contribution in [0.25, 0.3) is 0 Å². The average Bonchev–Trinajstić information content (AvgIpc) is 3.12. The number of aromatic nitrogens is 2. The Balaban J connectivity index is 1.32. The summed E-state index contributed by atoms with van der Waals surface area (Å²) in [6.45, 7) is 0.185. The van der Waals surface area contributed by atoms with Crippen LogP contribution >= 0.6 is 0 Å². The number of piperidine rings is 1. The Morgan fingerprint density at radius 2 is 2.09 bits per heavy atom. The number of hydrogen-bond donors (Lipinski definition) is 1. The van der Waals surface area contributed by atoms with Gasteiger partial charge in [0.15, 0.2) is 6.61 Å². The van der Waals surface area contributed by atoms with Crippen molar-refractivity contribution in [2.45, 2.75) is 50.8 Å². The Kier molecular flexibility index (Phi) is 3.99. The molecule has 2 aliphatic heterocycles. The van der Waals surface area contributed by atoms with Gasteiger partial charge in [0.2, 0.25) is 11.7 Å². The highest BCUT2D eigenvalue weighted by Crippen LogP contribution is 2.32. The van der Waals surface area contributed by atoms with Crippen molar-refractivity contribution in [3.63, 3.8) is 0 Å². The summed E-state index contributed by atoms with van der Waals surface area (Å²) in [5.74, 6) is 1.93. The highest BCUT2D eigenvalue weighted by molar-refractivity contribution is 5.22. The van der Waals surface area contributed by atoms with Gasteiger partial charge in [-0.15, -0.1) is 0 Å². The van der Waals surface area contributed by atoms with Gasteiger partial charge in [-0.05, 0) is 43.7 Å². The molecular weight excluding hydrogens is 297 g/mol. The first-order valence-electron chi connectivity index (χ1n) is 8.20. The van der Waals surface area contributed by atoms with Crippen LogP contribution in [-0.2, 0) is 13.0 Å². The van der Waals surface area contributed by atoms with E-state index >= 15 is 0 Å². The molecule has 6 heteroatoms. The number of ether oxygens (including phenoxy) is 1. The Bertz CT molecular complexity index is 663. The molecule has 2 unspecified atom stereocenters. The lowest BCUT2D eigenvalue weighted by atomic mass is 9.90. The predicted octanol–water partition coefficient (Wildman–Crippen LogP) is 2.86. The second-order valence-corrected chi connectivity index (χ2v) is 6.53. The largest absolute Gasteiger partial charge is 0.485 e. The third kappa shape index (κ3) is 3.52. The van der Waals surface area contributed by atoms with Gasteiger partial charge in [-0.1, -0.05) is 11.2 Å². The molecule has 0 spiro atoms. The van der Waals surface area contributed by atoms with Crippen LogP contribution < -0.4 is 10.1 Å². The van der Waals surface area contributed by atoms with Gasteiger partial charge in [0.1, 0.15) is 11.6 Å². The molecule has 1 aromatic carbocycles. The van der Waals surface area contributed by atoms with E-state index in [2.05, 4.69) is 15.5 Å². The van der Waals surface area contributed by atoms with Crippen molar-refractivity contribution >= 4 is 0 Å². The molecule has 23 heavy (non-hydrogen) atoms. The molecule has 2 atom stereocenters. The zero-order valence-corrected chi connectivity index (χ0v) is 12.9. The molecule has 1 aromatic heterocycles. The minimum absolute atomic E-state index is 0.185. The van der Waals surface area contributed by atoms with Gasteiger partial charge in [0, 0.05) is 24.6 Å². The SMILES string of the molecule is Fc1cccc(OCc2noc(CC3CC4CCC(C3)N4)n2)c1. The fourth-order valence-corrected chi connectivity index (χ4v) is 3.73. The molecule has 2 saturated heterocycles. The molecule has 0 amide bonds. The first kappa shape index (κ1) is 14.6. The molecule has 4 rings (SSSR count). The molecule has 1 N–H and O–H groups in total. The Labute approximate surface area is 134 Å². The first-order chi connectivity index (χ1) is 11.2. The maximum Gasteiger partial charge on any atom is 0.227 e. The lowest BCUT2D eigenvalue weighted by Gasteiger charge is -2.27. The molecular formula is C17H20FN3O2. The van der Waals surface area contributed by atoms with E-state index in [0.717, 1.165) is 6.42 Å². The number of nitrogens with one attached hydrogen (secondary N) is 1. The molecule has 3 heterocycles. The molecule has 122 valence electrons. The summed E-state index contributed by atoms with van der Waals surface area (Å²) >= 11 is 0. The van der Waals surface area contributed by atoms with Gasteiger partial charge in [-0.25, -0.2) is 4.39 Å². The number of fused-ring (bicyclic) bond motifs is 2. The summed E-state index contributed by atoms with van der Waals surface area (Å²) in [6, 6.07) is 7.36. The fraction of sp³-hybridized carbons (Fsp3) is 0.529. The maximum absolute atomic E-state index is 13.1.